The summed E-state index contributed by atoms with van der Waals surface area (Å²) < 4.78 is 4.62. The number of rotatable bonds is 8. The molecule has 204 valence electrons. The van der Waals surface area contributed by atoms with E-state index in [2.05, 4.69) is 40.6 Å². The van der Waals surface area contributed by atoms with Crippen LogP contribution in [0.2, 0.25) is 10.3 Å². The van der Waals surface area contributed by atoms with Gasteiger partial charge in [-0.25, -0.2) is 24.5 Å². The fraction of sp³-hybridized carbons (Fsp3) is 0.148. The van der Waals surface area contributed by atoms with Crippen molar-refractivity contribution in [2.24, 2.45) is 0 Å². The van der Waals surface area contributed by atoms with Gasteiger partial charge >= 0.3 is 12.1 Å². The number of carbonyl (C=O) groups excluding carboxylic acids is 2. The van der Waals surface area contributed by atoms with Crippen LogP contribution in [0.3, 0.4) is 0 Å². The Labute approximate surface area is 238 Å². The van der Waals surface area contributed by atoms with Crippen molar-refractivity contribution in [3.63, 3.8) is 0 Å². The highest BCUT2D eigenvalue weighted by molar-refractivity contribution is 6.32. The normalized spacial score (nSPS) is 11.7. The second kappa shape index (κ2) is 12.1. The van der Waals surface area contributed by atoms with Gasteiger partial charge in [-0.1, -0.05) is 65.7 Å². The molecule has 0 spiro atoms. The van der Waals surface area contributed by atoms with E-state index in [0.29, 0.717) is 45.1 Å². The summed E-state index contributed by atoms with van der Waals surface area (Å²) in [5.41, 5.74) is 4.67. The van der Waals surface area contributed by atoms with Crippen LogP contribution in [0.5, 0.6) is 0 Å². The van der Waals surface area contributed by atoms with Crippen molar-refractivity contribution >= 4 is 52.0 Å². The summed E-state index contributed by atoms with van der Waals surface area (Å²) in [6.45, 7) is 0.113. The molecule has 40 heavy (non-hydrogen) atoms. The van der Waals surface area contributed by atoms with Gasteiger partial charge in [0.2, 0.25) is 0 Å². The number of ether oxygens (including phenoxy) is 1. The Balaban J connectivity index is 1.35. The third-order valence-electron chi connectivity index (χ3n) is 6.05. The van der Waals surface area contributed by atoms with E-state index in [-0.39, 0.29) is 6.54 Å². The number of amides is 3. The topological polar surface area (TPSA) is 150 Å². The first-order valence-corrected chi connectivity index (χ1v) is 12.9. The Hall–Kier alpha value is -4.61. The van der Waals surface area contributed by atoms with Crippen molar-refractivity contribution in [3.05, 3.63) is 94.4 Å². The van der Waals surface area contributed by atoms with Gasteiger partial charge in [0.1, 0.15) is 27.3 Å². The van der Waals surface area contributed by atoms with E-state index in [0.717, 1.165) is 16.6 Å². The third kappa shape index (κ3) is 6.33. The smallest absolute Gasteiger partial charge is 0.411 e. The lowest BCUT2D eigenvalue weighted by Crippen LogP contribution is -2.39. The number of H-pyrrole nitrogens is 2. The minimum atomic E-state index is -0.569. The number of aromatic amines is 2. The van der Waals surface area contributed by atoms with Crippen LogP contribution in [-0.4, -0.2) is 44.2 Å². The van der Waals surface area contributed by atoms with Crippen LogP contribution in [0.1, 0.15) is 23.1 Å². The molecule has 0 radical (unpaired) electrons. The molecule has 13 heteroatoms. The Morgan fingerprint density at radius 1 is 1.05 bits per heavy atom. The number of benzene rings is 2. The van der Waals surface area contributed by atoms with Crippen LogP contribution in [0.25, 0.3) is 22.3 Å². The van der Waals surface area contributed by atoms with Crippen molar-refractivity contribution in [1.82, 2.24) is 35.6 Å². The maximum Gasteiger partial charge on any atom is 0.411 e. The summed E-state index contributed by atoms with van der Waals surface area (Å²) in [4.78, 5) is 43.9. The van der Waals surface area contributed by atoms with Crippen LogP contribution in [-0.2, 0) is 17.7 Å². The molecule has 1 atom stereocenters. The van der Waals surface area contributed by atoms with Gasteiger partial charge < -0.3 is 25.3 Å². The standard InChI is InChI=1S/C27H24Cl2N8O3/c1-40-27(39)33-17-9-7-16(8-10-17)22-24(29)37-25(36-22)19(11-15-5-3-2-4-6-15)35-26(38)30-13-20-23-18(31-14-32-23)12-21(28)34-20/h2-10,12,14,19H,11,13H2,1H3,(H,31,32)(H,33,39)(H,36,37)(H2,30,35,38)/t19-/m0/s1. The number of fused-ring (bicyclic) bond motifs is 1. The lowest BCUT2D eigenvalue weighted by Gasteiger charge is -2.17. The first kappa shape index (κ1) is 27.0. The minimum absolute atomic E-state index is 0.113. The summed E-state index contributed by atoms with van der Waals surface area (Å²) >= 11 is 12.7. The highest BCUT2D eigenvalue weighted by atomic mass is 35.5. The molecule has 0 fully saturated rings. The molecule has 11 nitrogen and oxygen atoms in total. The molecule has 0 aliphatic heterocycles. The predicted octanol–water partition coefficient (Wildman–Crippen LogP) is 5.62. The minimum Gasteiger partial charge on any atom is -0.453 e. The summed E-state index contributed by atoms with van der Waals surface area (Å²) in [5, 5.41) is 9.02. The largest absolute Gasteiger partial charge is 0.453 e. The van der Waals surface area contributed by atoms with Crippen molar-refractivity contribution in [3.8, 4) is 11.3 Å². The van der Waals surface area contributed by atoms with Crippen molar-refractivity contribution in [2.75, 3.05) is 12.4 Å². The van der Waals surface area contributed by atoms with Crippen molar-refractivity contribution in [1.29, 1.82) is 0 Å². The Morgan fingerprint density at radius 2 is 1.82 bits per heavy atom. The predicted molar refractivity (Wildman–Crippen MR) is 152 cm³/mol. The van der Waals surface area contributed by atoms with Crippen LogP contribution in [0, 0.1) is 0 Å². The molecule has 5 rings (SSSR count). The maximum absolute atomic E-state index is 13.0. The second-order valence-electron chi connectivity index (χ2n) is 8.74. The van der Waals surface area contributed by atoms with Gasteiger partial charge in [-0.2, -0.15) is 0 Å². The SMILES string of the molecule is COC(=O)Nc1ccc(-c2nc([C@H](Cc3ccccc3)NC(=O)NCc3nc(Cl)cc4[nH]cnc34)[nH]c2Cl)cc1. The summed E-state index contributed by atoms with van der Waals surface area (Å²) in [7, 11) is 1.29. The molecule has 0 bridgehead atoms. The molecule has 0 saturated heterocycles. The van der Waals surface area contributed by atoms with Crippen LogP contribution in [0.4, 0.5) is 15.3 Å². The zero-order valence-electron chi connectivity index (χ0n) is 21.2. The van der Waals surface area contributed by atoms with E-state index in [1.165, 1.54) is 7.11 Å². The highest BCUT2D eigenvalue weighted by Gasteiger charge is 2.22. The van der Waals surface area contributed by atoms with E-state index in [9.17, 15) is 9.59 Å². The van der Waals surface area contributed by atoms with Crippen LogP contribution < -0.4 is 16.0 Å². The molecule has 3 heterocycles. The molecule has 0 aliphatic rings. The monoisotopic (exact) mass is 578 g/mol. The number of anilines is 1. The Morgan fingerprint density at radius 3 is 2.58 bits per heavy atom. The van der Waals surface area contributed by atoms with Gasteiger partial charge in [-0.15, -0.1) is 0 Å². The van der Waals surface area contributed by atoms with Crippen molar-refractivity contribution in [2.45, 2.75) is 19.0 Å². The number of hydrogen-bond acceptors (Lipinski definition) is 6. The molecule has 3 amide bonds. The lowest BCUT2D eigenvalue weighted by molar-refractivity contribution is 0.187. The molecule has 5 N–H and O–H groups in total. The van der Waals surface area contributed by atoms with Gasteiger partial charge in [0.05, 0.1) is 37.2 Å². The molecule has 3 aromatic heterocycles. The van der Waals surface area contributed by atoms with E-state index in [1.807, 2.05) is 30.3 Å². The fourth-order valence-electron chi connectivity index (χ4n) is 4.15. The molecule has 2 aromatic carbocycles. The summed E-state index contributed by atoms with van der Waals surface area (Å²) in [5.74, 6) is 0.478. The highest BCUT2D eigenvalue weighted by Crippen LogP contribution is 2.29. The molecule has 0 saturated carbocycles. The third-order valence-corrected chi connectivity index (χ3v) is 6.52. The first-order chi connectivity index (χ1) is 19.4. The van der Waals surface area contributed by atoms with Crippen LogP contribution in [0.15, 0.2) is 67.0 Å². The van der Waals surface area contributed by atoms with Gasteiger partial charge in [-0.05, 0) is 24.1 Å². The second-order valence-corrected chi connectivity index (χ2v) is 9.50. The lowest BCUT2D eigenvalue weighted by atomic mass is 10.1. The van der Waals surface area contributed by atoms with Gasteiger partial charge in [0.25, 0.3) is 0 Å². The number of nitrogens with zero attached hydrogens (tertiary/aromatic N) is 3. The van der Waals surface area contributed by atoms with Gasteiger partial charge in [-0.3, -0.25) is 5.32 Å². The maximum atomic E-state index is 13.0. The molecular formula is C27H24Cl2N8O3. The van der Waals surface area contributed by atoms with E-state index in [1.54, 1.807) is 36.7 Å². The first-order valence-electron chi connectivity index (χ1n) is 12.2. The number of carbonyl (C=O) groups is 2. The molecule has 5 aromatic rings. The summed E-state index contributed by atoms with van der Waals surface area (Å²) in [6.07, 6.45) is 1.43. The fourth-order valence-corrected chi connectivity index (χ4v) is 4.60. The molecular weight excluding hydrogens is 555 g/mol. The zero-order valence-corrected chi connectivity index (χ0v) is 22.7. The Bertz CT molecular complexity index is 1640. The number of nitrogens with one attached hydrogen (secondary N) is 5. The van der Waals surface area contributed by atoms with Gasteiger partial charge in [0, 0.05) is 17.3 Å². The van der Waals surface area contributed by atoms with E-state index in [4.69, 9.17) is 28.2 Å². The van der Waals surface area contributed by atoms with E-state index >= 15 is 0 Å². The Kier molecular flexibility index (Phi) is 8.13. The summed E-state index contributed by atoms with van der Waals surface area (Å²) in [6, 6.07) is 17.4. The molecule has 0 aliphatic carbocycles. The van der Waals surface area contributed by atoms with E-state index < -0.39 is 18.2 Å². The number of halogens is 2. The van der Waals surface area contributed by atoms with Gasteiger partial charge in [0.15, 0.2) is 0 Å². The van der Waals surface area contributed by atoms with Crippen LogP contribution >= 0.6 is 23.2 Å². The quantitative estimate of drug-likeness (QED) is 0.151. The number of hydrogen-bond donors (Lipinski definition) is 5. The average molecular weight is 579 g/mol. The van der Waals surface area contributed by atoms with Crippen molar-refractivity contribution < 1.29 is 14.3 Å². The zero-order chi connectivity index (χ0) is 28.1. The average Bonchev–Trinajstić information content (AvgIpc) is 3.59. The number of pyridine rings is 1. The number of methoxy groups -OCH3 is 1. The number of imidazole rings is 2. The number of urea groups is 1. The number of aromatic nitrogens is 5. The molecule has 0 unspecified atom stereocenters.